The fourth-order valence-electron chi connectivity index (χ4n) is 1.36. The zero-order valence-electron chi connectivity index (χ0n) is 9.85. The monoisotopic (exact) mass is 379 g/mol. The zero-order chi connectivity index (χ0) is 13.5. The fraction of sp³-hybridized carbons (Fsp3) is 0.333. The molecular formula is C12H14INO3S. The van der Waals surface area contributed by atoms with Gasteiger partial charge in [0.15, 0.2) is 0 Å². The number of carbonyl (C=O) groups excluding carboxylic acids is 1. The molecule has 18 heavy (non-hydrogen) atoms. The highest BCUT2D eigenvalue weighted by molar-refractivity contribution is 14.1. The second-order valence-corrected chi connectivity index (χ2v) is 5.89. The lowest BCUT2D eigenvalue weighted by Crippen LogP contribution is -2.41. The van der Waals surface area contributed by atoms with E-state index in [1.54, 1.807) is 30.0 Å². The van der Waals surface area contributed by atoms with Crippen molar-refractivity contribution in [3.8, 4) is 0 Å². The molecule has 0 heterocycles. The Morgan fingerprint density at radius 1 is 1.50 bits per heavy atom. The predicted molar refractivity (Wildman–Crippen MR) is 81.0 cm³/mol. The van der Waals surface area contributed by atoms with Crippen LogP contribution in [0.3, 0.4) is 0 Å². The molecule has 0 bridgehead atoms. The number of carboxylic acids is 1. The van der Waals surface area contributed by atoms with E-state index in [9.17, 15) is 9.59 Å². The van der Waals surface area contributed by atoms with Crippen LogP contribution < -0.4 is 5.32 Å². The molecule has 98 valence electrons. The van der Waals surface area contributed by atoms with Crippen molar-refractivity contribution in [3.05, 3.63) is 33.4 Å². The maximum atomic E-state index is 11.9. The van der Waals surface area contributed by atoms with Gasteiger partial charge >= 0.3 is 5.97 Å². The Bertz CT molecular complexity index is 439. The number of halogens is 1. The molecule has 1 amide bonds. The smallest absolute Gasteiger partial charge is 0.326 e. The van der Waals surface area contributed by atoms with Crippen LogP contribution in [0, 0.1) is 3.57 Å². The molecule has 2 N–H and O–H groups in total. The van der Waals surface area contributed by atoms with Crippen molar-refractivity contribution in [1.29, 1.82) is 0 Å². The molecule has 0 spiro atoms. The molecule has 0 saturated carbocycles. The van der Waals surface area contributed by atoms with Crippen LogP contribution in [0.1, 0.15) is 16.8 Å². The molecule has 0 radical (unpaired) electrons. The van der Waals surface area contributed by atoms with Crippen LogP contribution in [0.4, 0.5) is 0 Å². The number of rotatable bonds is 6. The third kappa shape index (κ3) is 4.85. The first-order valence-corrected chi connectivity index (χ1v) is 7.80. The summed E-state index contributed by atoms with van der Waals surface area (Å²) in [6.07, 6.45) is 2.33. The van der Waals surface area contributed by atoms with Crippen molar-refractivity contribution in [2.75, 3.05) is 12.0 Å². The quantitative estimate of drug-likeness (QED) is 0.744. The summed E-state index contributed by atoms with van der Waals surface area (Å²) < 4.78 is 0.941. The topological polar surface area (TPSA) is 66.4 Å². The lowest BCUT2D eigenvalue weighted by atomic mass is 10.1. The van der Waals surface area contributed by atoms with Crippen molar-refractivity contribution in [2.24, 2.45) is 0 Å². The summed E-state index contributed by atoms with van der Waals surface area (Å²) in [5.74, 6) is -0.645. The average Bonchev–Trinajstić information content (AvgIpc) is 2.33. The fourth-order valence-corrected chi connectivity index (χ4v) is 2.38. The first kappa shape index (κ1) is 15.3. The average molecular weight is 379 g/mol. The molecule has 1 atom stereocenters. The molecule has 1 rings (SSSR count). The van der Waals surface area contributed by atoms with Crippen LogP contribution in [0.2, 0.25) is 0 Å². The first-order valence-electron chi connectivity index (χ1n) is 5.32. The molecule has 0 aliphatic rings. The second-order valence-electron chi connectivity index (χ2n) is 3.66. The molecule has 0 unspecified atom stereocenters. The number of hydrogen-bond donors (Lipinski definition) is 2. The van der Waals surface area contributed by atoms with E-state index >= 15 is 0 Å². The van der Waals surface area contributed by atoms with E-state index in [-0.39, 0.29) is 5.91 Å². The third-order valence-electron chi connectivity index (χ3n) is 2.30. The molecule has 4 nitrogen and oxygen atoms in total. The number of nitrogens with one attached hydrogen (secondary N) is 1. The Hall–Kier alpha value is -0.760. The van der Waals surface area contributed by atoms with Gasteiger partial charge in [-0.1, -0.05) is 6.07 Å². The SMILES string of the molecule is CSCC[C@H](NC(=O)c1cccc(I)c1)C(=O)O. The summed E-state index contributed by atoms with van der Waals surface area (Å²) in [7, 11) is 0. The van der Waals surface area contributed by atoms with E-state index in [0.717, 1.165) is 3.57 Å². The highest BCUT2D eigenvalue weighted by Crippen LogP contribution is 2.09. The van der Waals surface area contributed by atoms with E-state index < -0.39 is 12.0 Å². The van der Waals surface area contributed by atoms with E-state index in [2.05, 4.69) is 27.9 Å². The normalized spacial score (nSPS) is 11.9. The molecule has 0 aliphatic heterocycles. The molecule has 1 aromatic carbocycles. The minimum absolute atomic E-state index is 0.345. The van der Waals surface area contributed by atoms with Gasteiger partial charge in [-0.05, 0) is 59.2 Å². The Morgan fingerprint density at radius 3 is 2.78 bits per heavy atom. The van der Waals surface area contributed by atoms with E-state index in [0.29, 0.717) is 17.7 Å². The van der Waals surface area contributed by atoms with Gasteiger partial charge in [-0.15, -0.1) is 0 Å². The minimum atomic E-state index is -0.997. The largest absolute Gasteiger partial charge is 0.480 e. The third-order valence-corrected chi connectivity index (χ3v) is 3.62. The number of thioether (sulfide) groups is 1. The number of hydrogen-bond acceptors (Lipinski definition) is 3. The molecule has 0 saturated heterocycles. The Labute approximate surface area is 124 Å². The standard InChI is InChI=1S/C12H14INO3S/c1-18-6-5-10(12(16)17)14-11(15)8-3-2-4-9(13)7-8/h2-4,7,10H,5-6H2,1H3,(H,14,15)(H,16,17)/t10-/m0/s1. The van der Waals surface area contributed by atoms with Gasteiger partial charge in [0.2, 0.25) is 0 Å². The van der Waals surface area contributed by atoms with Crippen molar-refractivity contribution < 1.29 is 14.7 Å². The lowest BCUT2D eigenvalue weighted by molar-refractivity contribution is -0.139. The van der Waals surface area contributed by atoms with Gasteiger partial charge in [0.05, 0.1) is 0 Å². The van der Waals surface area contributed by atoms with E-state index in [1.165, 1.54) is 0 Å². The number of amides is 1. The Balaban J connectivity index is 2.69. The molecule has 0 fully saturated rings. The second kappa shape index (κ2) is 7.63. The van der Waals surface area contributed by atoms with Crippen molar-refractivity contribution in [1.82, 2.24) is 5.32 Å². The molecular weight excluding hydrogens is 365 g/mol. The van der Waals surface area contributed by atoms with Crippen LogP contribution in [0.15, 0.2) is 24.3 Å². The van der Waals surface area contributed by atoms with Gasteiger partial charge in [0.1, 0.15) is 6.04 Å². The van der Waals surface area contributed by atoms with Crippen molar-refractivity contribution in [2.45, 2.75) is 12.5 Å². The molecule has 0 aliphatic carbocycles. The number of carbonyl (C=O) groups is 2. The number of aliphatic carboxylic acids is 1. The first-order chi connectivity index (χ1) is 8.54. The summed E-state index contributed by atoms with van der Waals surface area (Å²) >= 11 is 3.67. The molecule has 6 heteroatoms. The van der Waals surface area contributed by atoms with Gasteiger partial charge in [-0.2, -0.15) is 11.8 Å². The maximum absolute atomic E-state index is 11.9. The summed E-state index contributed by atoms with van der Waals surface area (Å²) in [5.41, 5.74) is 0.484. The van der Waals surface area contributed by atoms with Crippen molar-refractivity contribution in [3.63, 3.8) is 0 Å². The predicted octanol–water partition coefficient (Wildman–Crippen LogP) is 2.23. The lowest BCUT2D eigenvalue weighted by Gasteiger charge is -2.14. The maximum Gasteiger partial charge on any atom is 0.326 e. The van der Waals surface area contributed by atoms with Gasteiger partial charge in [0.25, 0.3) is 5.91 Å². The van der Waals surface area contributed by atoms with Gasteiger partial charge in [0, 0.05) is 9.13 Å². The zero-order valence-corrected chi connectivity index (χ0v) is 12.8. The number of carboxylic acid groups (broad SMARTS) is 1. The summed E-state index contributed by atoms with van der Waals surface area (Å²) in [4.78, 5) is 22.9. The highest BCUT2D eigenvalue weighted by atomic mass is 127. The van der Waals surface area contributed by atoms with Gasteiger partial charge in [-0.25, -0.2) is 4.79 Å². The Morgan fingerprint density at radius 2 is 2.22 bits per heavy atom. The van der Waals surface area contributed by atoms with E-state index in [4.69, 9.17) is 5.11 Å². The Kier molecular flexibility index (Phi) is 6.48. The summed E-state index contributed by atoms with van der Waals surface area (Å²) in [6.45, 7) is 0. The van der Waals surface area contributed by atoms with Crippen molar-refractivity contribution >= 4 is 46.2 Å². The number of benzene rings is 1. The molecule has 1 aromatic rings. The van der Waals surface area contributed by atoms with Crippen LogP contribution in [-0.2, 0) is 4.79 Å². The van der Waals surface area contributed by atoms with Gasteiger partial charge < -0.3 is 10.4 Å². The van der Waals surface area contributed by atoms with Crippen LogP contribution in [0.25, 0.3) is 0 Å². The minimum Gasteiger partial charge on any atom is -0.480 e. The molecule has 0 aromatic heterocycles. The van der Waals surface area contributed by atoms with Crippen LogP contribution in [0.5, 0.6) is 0 Å². The highest BCUT2D eigenvalue weighted by Gasteiger charge is 2.20. The summed E-state index contributed by atoms with van der Waals surface area (Å²) in [5, 5.41) is 11.6. The van der Waals surface area contributed by atoms with Gasteiger partial charge in [-0.3, -0.25) is 4.79 Å². The van der Waals surface area contributed by atoms with Crippen LogP contribution in [-0.4, -0.2) is 35.0 Å². The summed E-state index contributed by atoms with van der Waals surface area (Å²) in [6, 6.07) is 6.21. The van der Waals surface area contributed by atoms with E-state index in [1.807, 2.05) is 12.3 Å². The van der Waals surface area contributed by atoms with Crippen LogP contribution >= 0.6 is 34.4 Å².